The second kappa shape index (κ2) is 3.70. The van der Waals surface area contributed by atoms with E-state index in [-0.39, 0.29) is 5.91 Å². The van der Waals surface area contributed by atoms with Crippen LogP contribution in [0.3, 0.4) is 0 Å². The van der Waals surface area contributed by atoms with Gasteiger partial charge in [-0.2, -0.15) is 0 Å². The molecular formula is C11H11BrN2O. The van der Waals surface area contributed by atoms with Gasteiger partial charge in [0.05, 0.1) is 0 Å². The van der Waals surface area contributed by atoms with E-state index in [4.69, 9.17) is 0 Å². The zero-order valence-corrected chi connectivity index (χ0v) is 10.1. The molecule has 0 aliphatic heterocycles. The molecule has 0 unspecified atom stereocenters. The molecule has 78 valence electrons. The molecule has 0 aliphatic carbocycles. The number of halogens is 1. The van der Waals surface area contributed by atoms with E-state index in [2.05, 4.69) is 20.9 Å². The molecule has 1 N–H and O–H groups in total. The predicted octanol–water partition coefficient (Wildman–Crippen LogP) is 2.63. The van der Waals surface area contributed by atoms with E-state index in [9.17, 15) is 4.79 Å². The lowest BCUT2D eigenvalue weighted by Crippen LogP contribution is -2.21. The van der Waals surface area contributed by atoms with E-state index in [1.165, 1.54) is 0 Å². The third kappa shape index (κ3) is 1.90. The van der Waals surface area contributed by atoms with Crippen LogP contribution in [-0.2, 0) is 0 Å². The highest BCUT2D eigenvalue weighted by Crippen LogP contribution is 2.20. The molecule has 0 radical (unpaired) electrons. The Kier molecular flexibility index (Phi) is 2.52. The van der Waals surface area contributed by atoms with Crippen molar-refractivity contribution in [2.45, 2.75) is 0 Å². The quantitative estimate of drug-likeness (QED) is 0.847. The van der Waals surface area contributed by atoms with Gasteiger partial charge in [0.25, 0.3) is 5.91 Å². The molecule has 2 aromatic rings. The van der Waals surface area contributed by atoms with Gasteiger partial charge in [-0.15, -0.1) is 0 Å². The summed E-state index contributed by atoms with van der Waals surface area (Å²) in [7, 11) is 3.48. The van der Waals surface area contributed by atoms with Gasteiger partial charge in [0.15, 0.2) is 0 Å². The van der Waals surface area contributed by atoms with Crippen LogP contribution in [0.15, 0.2) is 28.7 Å². The van der Waals surface area contributed by atoms with Gasteiger partial charge in [-0.05, 0) is 18.2 Å². The van der Waals surface area contributed by atoms with Crippen LogP contribution in [0.4, 0.5) is 0 Å². The molecule has 0 fully saturated rings. The van der Waals surface area contributed by atoms with Gasteiger partial charge in [0, 0.05) is 29.5 Å². The topological polar surface area (TPSA) is 36.1 Å². The number of benzene rings is 1. The first kappa shape index (κ1) is 10.2. The Hall–Kier alpha value is -1.29. The van der Waals surface area contributed by atoms with Crippen LogP contribution in [-0.4, -0.2) is 29.9 Å². The van der Waals surface area contributed by atoms with Crippen molar-refractivity contribution >= 4 is 32.7 Å². The smallest absolute Gasteiger partial charge is 0.269 e. The first-order valence-electron chi connectivity index (χ1n) is 4.58. The van der Waals surface area contributed by atoms with Gasteiger partial charge < -0.3 is 9.88 Å². The van der Waals surface area contributed by atoms with Crippen LogP contribution >= 0.6 is 15.9 Å². The number of rotatable bonds is 1. The van der Waals surface area contributed by atoms with E-state index in [1.54, 1.807) is 19.0 Å². The van der Waals surface area contributed by atoms with Crippen molar-refractivity contribution in [3.8, 4) is 0 Å². The van der Waals surface area contributed by atoms with E-state index in [0.29, 0.717) is 5.69 Å². The molecule has 1 heterocycles. The lowest BCUT2D eigenvalue weighted by molar-refractivity contribution is 0.0823. The Labute approximate surface area is 96.2 Å². The summed E-state index contributed by atoms with van der Waals surface area (Å²) in [5.74, 6) is -0.0117. The molecule has 0 spiro atoms. The maximum absolute atomic E-state index is 11.7. The summed E-state index contributed by atoms with van der Waals surface area (Å²) < 4.78 is 1.00. The number of aromatic amines is 1. The summed E-state index contributed by atoms with van der Waals surface area (Å²) in [4.78, 5) is 16.3. The third-order valence-corrected chi connectivity index (χ3v) is 2.71. The van der Waals surface area contributed by atoms with Gasteiger partial charge in [0.1, 0.15) is 5.69 Å². The van der Waals surface area contributed by atoms with Crippen LogP contribution in [0.5, 0.6) is 0 Å². The molecule has 3 nitrogen and oxygen atoms in total. The highest BCUT2D eigenvalue weighted by Gasteiger charge is 2.10. The van der Waals surface area contributed by atoms with Crippen molar-refractivity contribution in [3.63, 3.8) is 0 Å². The van der Waals surface area contributed by atoms with E-state index in [1.807, 2.05) is 24.3 Å². The third-order valence-electron chi connectivity index (χ3n) is 2.22. The monoisotopic (exact) mass is 266 g/mol. The molecule has 4 heteroatoms. The maximum atomic E-state index is 11.7. The number of aromatic nitrogens is 1. The van der Waals surface area contributed by atoms with Crippen molar-refractivity contribution in [3.05, 3.63) is 34.4 Å². The lowest BCUT2D eigenvalue weighted by atomic mass is 10.2. The zero-order valence-electron chi connectivity index (χ0n) is 8.54. The molecule has 0 bridgehead atoms. The van der Waals surface area contributed by atoms with Crippen LogP contribution < -0.4 is 0 Å². The van der Waals surface area contributed by atoms with E-state index in [0.717, 1.165) is 15.4 Å². The zero-order chi connectivity index (χ0) is 11.0. The molecule has 0 aliphatic rings. The lowest BCUT2D eigenvalue weighted by Gasteiger charge is -2.07. The fourth-order valence-electron chi connectivity index (χ4n) is 1.46. The minimum Gasteiger partial charge on any atom is -0.350 e. The standard InChI is InChI=1S/C11H11BrN2O/c1-14(2)11(15)10-5-7-3-4-8(12)6-9(7)13-10/h3-6,13H,1-2H3. The van der Waals surface area contributed by atoms with Crippen LogP contribution in [0.1, 0.15) is 10.5 Å². The molecule has 0 saturated heterocycles. The van der Waals surface area contributed by atoms with Crippen LogP contribution in [0.25, 0.3) is 10.9 Å². The van der Waals surface area contributed by atoms with Gasteiger partial charge in [-0.3, -0.25) is 4.79 Å². The number of amides is 1. The minimum atomic E-state index is -0.0117. The number of nitrogens with one attached hydrogen (secondary N) is 1. The summed E-state index contributed by atoms with van der Waals surface area (Å²) in [6.07, 6.45) is 0. The maximum Gasteiger partial charge on any atom is 0.269 e. The molecule has 2 rings (SSSR count). The minimum absolute atomic E-state index is 0.0117. The largest absolute Gasteiger partial charge is 0.350 e. The second-order valence-corrected chi connectivity index (χ2v) is 4.53. The van der Waals surface area contributed by atoms with Gasteiger partial charge in [-0.1, -0.05) is 22.0 Å². The Morgan fingerprint density at radius 1 is 1.33 bits per heavy atom. The number of carbonyl (C=O) groups is 1. The predicted molar refractivity (Wildman–Crippen MR) is 64.0 cm³/mol. The molecule has 15 heavy (non-hydrogen) atoms. The molecule has 1 amide bonds. The fourth-order valence-corrected chi connectivity index (χ4v) is 1.82. The van der Waals surface area contributed by atoms with E-state index >= 15 is 0 Å². The number of carbonyl (C=O) groups excluding carboxylic acids is 1. The summed E-state index contributed by atoms with van der Waals surface area (Å²) >= 11 is 3.39. The van der Waals surface area contributed by atoms with Gasteiger partial charge in [0.2, 0.25) is 0 Å². The Bertz CT molecular complexity index is 516. The SMILES string of the molecule is CN(C)C(=O)c1cc2ccc(Br)cc2[nH]1. The van der Waals surface area contributed by atoms with Crippen molar-refractivity contribution in [1.29, 1.82) is 0 Å². The molecule has 0 atom stereocenters. The highest BCUT2D eigenvalue weighted by atomic mass is 79.9. The molecule has 1 aromatic carbocycles. The van der Waals surface area contributed by atoms with Crippen molar-refractivity contribution < 1.29 is 4.79 Å². The second-order valence-electron chi connectivity index (χ2n) is 3.61. The summed E-state index contributed by atoms with van der Waals surface area (Å²) in [6.45, 7) is 0. The first-order valence-corrected chi connectivity index (χ1v) is 5.37. The number of nitrogens with zero attached hydrogens (tertiary/aromatic N) is 1. The Morgan fingerprint density at radius 2 is 2.07 bits per heavy atom. The number of fused-ring (bicyclic) bond motifs is 1. The molecular weight excluding hydrogens is 256 g/mol. The Balaban J connectivity index is 2.52. The summed E-state index contributed by atoms with van der Waals surface area (Å²) in [5.41, 5.74) is 1.59. The Morgan fingerprint density at radius 3 is 2.73 bits per heavy atom. The highest BCUT2D eigenvalue weighted by molar-refractivity contribution is 9.10. The van der Waals surface area contributed by atoms with Crippen molar-refractivity contribution in [1.82, 2.24) is 9.88 Å². The normalized spacial score (nSPS) is 10.6. The van der Waals surface area contributed by atoms with E-state index < -0.39 is 0 Å². The van der Waals surface area contributed by atoms with Crippen LogP contribution in [0.2, 0.25) is 0 Å². The number of H-pyrrole nitrogens is 1. The van der Waals surface area contributed by atoms with Crippen LogP contribution in [0, 0.1) is 0 Å². The number of hydrogen-bond donors (Lipinski definition) is 1. The average Bonchev–Trinajstić information content (AvgIpc) is 2.58. The summed E-state index contributed by atoms with van der Waals surface area (Å²) in [6, 6.07) is 7.76. The van der Waals surface area contributed by atoms with Crippen molar-refractivity contribution in [2.75, 3.05) is 14.1 Å². The van der Waals surface area contributed by atoms with Gasteiger partial charge >= 0.3 is 0 Å². The fraction of sp³-hybridized carbons (Fsp3) is 0.182. The first-order chi connectivity index (χ1) is 7.08. The summed E-state index contributed by atoms with van der Waals surface area (Å²) in [5, 5.41) is 1.04. The molecule has 1 aromatic heterocycles. The molecule has 0 saturated carbocycles. The average molecular weight is 267 g/mol. The van der Waals surface area contributed by atoms with Gasteiger partial charge in [-0.25, -0.2) is 0 Å². The van der Waals surface area contributed by atoms with Crippen molar-refractivity contribution in [2.24, 2.45) is 0 Å². The number of hydrogen-bond acceptors (Lipinski definition) is 1.